The van der Waals surface area contributed by atoms with E-state index in [4.69, 9.17) is 4.74 Å². The predicted molar refractivity (Wildman–Crippen MR) is 102 cm³/mol. The van der Waals surface area contributed by atoms with Crippen LogP contribution >= 0.6 is 0 Å². The van der Waals surface area contributed by atoms with Gasteiger partial charge in [-0.05, 0) is 49.2 Å². The predicted octanol–water partition coefficient (Wildman–Crippen LogP) is 4.18. The summed E-state index contributed by atoms with van der Waals surface area (Å²) >= 11 is 0. The van der Waals surface area contributed by atoms with E-state index in [0.717, 1.165) is 28.2 Å². The second-order valence-electron chi connectivity index (χ2n) is 6.13. The summed E-state index contributed by atoms with van der Waals surface area (Å²) in [6.07, 6.45) is 5.30. The van der Waals surface area contributed by atoms with Gasteiger partial charge in [-0.1, -0.05) is 6.07 Å². The SMILES string of the molecule is COc1ccc(Nc2ncnc3c2ccn3-c2ccc(C)c(C)c2)cn1. The smallest absolute Gasteiger partial charge is 0.213 e. The quantitative estimate of drug-likeness (QED) is 0.601. The Morgan fingerprint density at radius 1 is 0.962 bits per heavy atom. The minimum atomic E-state index is 0.573. The van der Waals surface area contributed by atoms with Crippen LogP contribution in [0.3, 0.4) is 0 Å². The molecule has 0 fully saturated rings. The van der Waals surface area contributed by atoms with Crippen LogP contribution in [-0.2, 0) is 0 Å². The molecule has 0 aliphatic carbocycles. The Kier molecular flexibility index (Phi) is 4.01. The lowest BCUT2D eigenvalue weighted by atomic mass is 10.1. The number of rotatable bonds is 4. The van der Waals surface area contributed by atoms with Crippen molar-refractivity contribution >= 4 is 22.5 Å². The molecule has 26 heavy (non-hydrogen) atoms. The van der Waals surface area contributed by atoms with Gasteiger partial charge in [0.25, 0.3) is 0 Å². The highest BCUT2D eigenvalue weighted by molar-refractivity contribution is 5.90. The van der Waals surface area contributed by atoms with E-state index in [1.54, 1.807) is 25.7 Å². The van der Waals surface area contributed by atoms with Crippen molar-refractivity contribution in [2.45, 2.75) is 13.8 Å². The van der Waals surface area contributed by atoms with Crippen LogP contribution in [0.5, 0.6) is 5.88 Å². The lowest BCUT2D eigenvalue weighted by Crippen LogP contribution is -1.99. The average molecular weight is 345 g/mol. The number of ether oxygens (including phenoxy) is 1. The summed E-state index contributed by atoms with van der Waals surface area (Å²) in [4.78, 5) is 13.1. The molecular formula is C20H19N5O. The lowest BCUT2D eigenvalue weighted by Gasteiger charge is -2.09. The Labute approximate surface area is 151 Å². The van der Waals surface area contributed by atoms with Gasteiger partial charge in [-0.2, -0.15) is 0 Å². The van der Waals surface area contributed by atoms with Crippen molar-refractivity contribution in [2.24, 2.45) is 0 Å². The summed E-state index contributed by atoms with van der Waals surface area (Å²) in [5.41, 5.74) is 5.30. The van der Waals surface area contributed by atoms with Crippen LogP contribution in [0, 0.1) is 13.8 Å². The molecule has 1 aromatic carbocycles. The van der Waals surface area contributed by atoms with Gasteiger partial charge in [0, 0.05) is 18.0 Å². The van der Waals surface area contributed by atoms with E-state index in [0.29, 0.717) is 5.88 Å². The molecule has 1 N–H and O–H groups in total. The Morgan fingerprint density at radius 2 is 1.85 bits per heavy atom. The van der Waals surface area contributed by atoms with E-state index in [9.17, 15) is 0 Å². The Bertz CT molecular complexity index is 1070. The minimum Gasteiger partial charge on any atom is -0.481 e. The largest absolute Gasteiger partial charge is 0.481 e. The topological polar surface area (TPSA) is 64.9 Å². The zero-order valence-electron chi connectivity index (χ0n) is 14.9. The third-order valence-electron chi connectivity index (χ3n) is 4.46. The maximum absolute atomic E-state index is 5.09. The molecule has 4 aromatic rings. The first-order chi connectivity index (χ1) is 12.7. The van der Waals surface area contributed by atoms with Crippen molar-refractivity contribution in [1.82, 2.24) is 19.5 Å². The number of benzene rings is 1. The van der Waals surface area contributed by atoms with Crippen molar-refractivity contribution in [3.8, 4) is 11.6 Å². The van der Waals surface area contributed by atoms with Gasteiger partial charge in [0.2, 0.25) is 5.88 Å². The number of hydrogen-bond donors (Lipinski definition) is 1. The molecule has 0 aliphatic rings. The average Bonchev–Trinajstić information content (AvgIpc) is 3.10. The van der Waals surface area contributed by atoms with Crippen molar-refractivity contribution < 1.29 is 4.74 Å². The number of aryl methyl sites for hydroxylation is 2. The van der Waals surface area contributed by atoms with Gasteiger partial charge >= 0.3 is 0 Å². The minimum absolute atomic E-state index is 0.573. The molecule has 0 saturated heterocycles. The summed E-state index contributed by atoms with van der Waals surface area (Å²) in [6, 6.07) is 12.1. The molecule has 0 amide bonds. The third-order valence-corrected chi connectivity index (χ3v) is 4.46. The molecule has 0 unspecified atom stereocenters. The summed E-state index contributed by atoms with van der Waals surface area (Å²) < 4.78 is 7.16. The molecule has 0 atom stereocenters. The van der Waals surface area contributed by atoms with Crippen molar-refractivity contribution in [1.29, 1.82) is 0 Å². The van der Waals surface area contributed by atoms with Gasteiger partial charge in [0.05, 0.1) is 24.4 Å². The molecule has 0 spiro atoms. The van der Waals surface area contributed by atoms with E-state index < -0.39 is 0 Å². The Morgan fingerprint density at radius 3 is 2.58 bits per heavy atom. The molecule has 130 valence electrons. The van der Waals surface area contributed by atoms with Crippen LogP contribution in [0.25, 0.3) is 16.7 Å². The number of hydrogen-bond acceptors (Lipinski definition) is 5. The van der Waals surface area contributed by atoms with Gasteiger partial charge < -0.3 is 14.6 Å². The number of fused-ring (bicyclic) bond motifs is 1. The van der Waals surface area contributed by atoms with Gasteiger partial charge in [-0.25, -0.2) is 15.0 Å². The molecule has 6 heteroatoms. The van der Waals surface area contributed by atoms with Gasteiger partial charge in [-0.3, -0.25) is 0 Å². The van der Waals surface area contributed by atoms with Gasteiger partial charge in [0.15, 0.2) is 0 Å². The summed E-state index contributed by atoms with van der Waals surface area (Å²) in [5, 5.41) is 4.25. The molecule has 0 radical (unpaired) electrons. The third kappa shape index (κ3) is 2.86. The number of nitrogens with one attached hydrogen (secondary N) is 1. The molecule has 4 rings (SSSR count). The van der Waals surface area contributed by atoms with Crippen molar-refractivity contribution in [2.75, 3.05) is 12.4 Å². The zero-order chi connectivity index (χ0) is 18.1. The number of pyridine rings is 1. The first-order valence-electron chi connectivity index (χ1n) is 8.32. The number of aromatic nitrogens is 4. The second kappa shape index (κ2) is 6.48. The summed E-state index contributed by atoms with van der Waals surface area (Å²) in [6.45, 7) is 4.23. The first kappa shape index (κ1) is 16.1. The number of methoxy groups -OCH3 is 1. The molecule has 3 heterocycles. The highest BCUT2D eigenvalue weighted by Crippen LogP contribution is 2.26. The highest BCUT2D eigenvalue weighted by atomic mass is 16.5. The van der Waals surface area contributed by atoms with Crippen LogP contribution in [0.4, 0.5) is 11.5 Å². The zero-order valence-corrected chi connectivity index (χ0v) is 14.9. The first-order valence-corrected chi connectivity index (χ1v) is 8.32. The van der Waals surface area contributed by atoms with E-state index in [1.165, 1.54) is 11.1 Å². The fraction of sp³-hybridized carbons (Fsp3) is 0.150. The highest BCUT2D eigenvalue weighted by Gasteiger charge is 2.10. The maximum Gasteiger partial charge on any atom is 0.213 e. The van der Waals surface area contributed by atoms with E-state index in [1.807, 2.05) is 18.3 Å². The molecular weight excluding hydrogens is 326 g/mol. The monoisotopic (exact) mass is 345 g/mol. The van der Waals surface area contributed by atoms with Gasteiger partial charge in [0.1, 0.15) is 17.8 Å². The molecule has 3 aromatic heterocycles. The van der Waals surface area contributed by atoms with E-state index in [-0.39, 0.29) is 0 Å². The molecule has 0 saturated carbocycles. The van der Waals surface area contributed by atoms with Crippen LogP contribution < -0.4 is 10.1 Å². The van der Waals surface area contributed by atoms with E-state index in [2.05, 4.69) is 56.9 Å². The van der Waals surface area contributed by atoms with Crippen LogP contribution in [-0.4, -0.2) is 26.6 Å². The molecule has 0 aliphatic heterocycles. The second-order valence-corrected chi connectivity index (χ2v) is 6.13. The fourth-order valence-corrected chi connectivity index (χ4v) is 2.85. The summed E-state index contributed by atoms with van der Waals surface area (Å²) in [7, 11) is 1.60. The Balaban J connectivity index is 1.73. The number of nitrogens with zero attached hydrogens (tertiary/aromatic N) is 4. The molecule has 6 nitrogen and oxygen atoms in total. The standard InChI is InChI=1S/C20H19N5O/c1-13-4-6-16(10-14(13)2)25-9-8-17-19(22-12-23-20(17)25)24-15-5-7-18(26-3)21-11-15/h4-12H,1-3H3,(H,22,23,24). The lowest BCUT2D eigenvalue weighted by molar-refractivity contribution is 0.398. The van der Waals surface area contributed by atoms with Crippen molar-refractivity contribution in [3.63, 3.8) is 0 Å². The van der Waals surface area contributed by atoms with Crippen LogP contribution in [0.15, 0.2) is 55.1 Å². The van der Waals surface area contributed by atoms with E-state index >= 15 is 0 Å². The van der Waals surface area contributed by atoms with Gasteiger partial charge in [-0.15, -0.1) is 0 Å². The van der Waals surface area contributed by atoms with Crippen molar-refractivity contribution in [3.05, 3.63) is 66.2 Å². The normalized spacial score (nSPS) is 10.9. The summed E-state index contributed by atoms with van der Waals surface area (Å²) in [5.74, 6) is 1.31. The number of anilines is 2. The molecule has 0 bridgehead atoms. The van der Waals surface area contributed by atoms with Crippen LogP contribution in [0.1, 0.15) is 11.1 Å². The fourth-order valence-electron chi connectivity index (χ4n) is 2.85. The maximum atomic E-state index is 5.09. The Hall–Kier alpha value is -3.41. The van der Waals surface area contributed by atoms with Crippen LogP contribution in [0.2, 0.25) is 0 Å².